The van der Waals surface area contributed by atoms with E-state index in [-0.39, 0.29) is 18.0 Å². The summed E-state index contributed by atoms with van der Waals surface area (Å²) in [5.41, 5.74) is -3.30. The van der Waals surface area contributed by atoms with E-state index in [0.717, 1.165) is 15.7 Å². The molecule has 1 saturated heterocycles. The predicted octanol–water partition coefficient (Wildman–Crippen LogP) is 1.73. The van der Waals surface area contributed by atoms with Crippen molar-refractivity contribution in [3.05, 3.63) is 62.8 Å². The van der Waals surface area contributed by atoms with Gasteiger partial charge in [-0.05, 0) is 0 Å². The topological polar surface area (TPSA) is 94.9 Å². The van der Waals surface area contributed by atoms with Gasteiger partial charge < -0.3 is 19.9 Å². The number of hydrogen-bond donors (Lipinski definition) is 2. The summed E-state index contributed by atoms with van der Waals surface area (Å²) in [5.74, 6) is -6.99. The van der Waals surface area contributed by atoms with Gasteiger partial charge in [-0.3, -0.25) is 14.4 Å². The first-order valence-electron chi connectivity index (χ1n) is 9.89. The van der Waals surface area contributed by atoms with Crippen LogP contribution in [0.4, 0.5) is 26.3 Å². The fourth-order valence-electron chi connectivity index (χ4n) is 4.02. The van der Waals surface area contributed by atoms with Crippen LogP contribution in [0.3, 0.4) is 0 Å². The van der Waals surface area contributed by atoms with Gasteiger partial charge in [-0.1, -0.05) is 0 Å². The van der Waals surface area contributed by atoms with E-state index < -0.39 is 89.2 Å². The van der Waals surface area contributed by atoms with Gasteiger partial charge in [0, 0.05) is 56.6 Å². The number of pyridine rings is 1. The molecule has 2 aromatic rings. The number of aromatic hydroxyl groups is 1. The van der Waals surface area contributed by atoms with E-state index in [4.69, 9.17) is 0 Å². The van der Waals surface area contributed by atoms with E-state index in [9.17, 15) is 45.8 Å². The molecule has 34 heavy (non-hydrogen) atoms. The van der Waals surface area contributed by atoms with E-state index >= 15 is 0 Å². The largest absolute Gasteiger partial charge is 0.503 e. The quantitative estimate of drug-likeness (QED) is 0.505. The first-order chi connectivity index (χ1) is 15.9. The third-order valence-corrected chi connectivity index (χ3v) is 5.73. The lowest BCUT2D eigenvalue weighted by Crippen LogP contribution is -2.45. The Hall–Kier alpha value is -3.55. The van der Waals surface area contributed by atoms with Crippen LogP contribution in [0.25, 0.3) is 0 Å². The van der Waals surface area contributed by atoms with Gasteiger partial charge in [0.2, 0.25) is 5.43 Å². The SMILES string of the molecule is O=C(NCc1c(F)cc(F)cc1F)c1cn2c(c(O)c1=O)C(=O)N1CCN(C(F)(F)F)CC2C1. The van der Waals surface area contributed by atoms with Crippen molar-refractivity contribution in [2.45, 2.75) is 18.9 Å². The highest BCUT2D eigenvalue weighted by atomic mass is 19.4. The Balaban J connectivity index is 1.68. The van der Waals surface area contributed by atoms with Gasteiger partial charge in [0.25, 0.3) is 11.8 Å². The summed E-state index contributed by atoms with van der Waals surface area (Å²) in [4.78, 5) is 39.1. The molecule has 0 radical (unpaired) electrons. The Morgan fingerprint density at radius 3 is 2.35 bits per heavy atom. The molecule has 0 saturated carbocycles. The monoisotopic (exact) mass is 490 g/mol. The van der Waals surface area contributed by atoms with Crippen molar-refractivity contribution >= 4 is 11.8 Å². The molecule has 3 heterocycles. The van der Waals surface area contributed by atoms with Crippen LogP contribution < -0.4 is 10.7 Å². The number of carbonyl (C=O) groups is 2. The van der Waals surface area contributed by atoms with Gasteiger partial charge in [-0.25, -0.2) is 18.1 Å². The molecule has 0 spiro atoms. The minimum absolute atomic E-state index is 0.159. The second-order valence-electron chi connectivity index (χ2n) is 7.83. The molecule has 1 unspecified atom stereocenters. The average molecular weight is 490 g/mol. The van der Waals surface area contributed by atoms with Crippen LogP contribution in [0.5, 0.6) is 5.75 Å². The van der Waals surface area contributed by atoms with Gasteiger partial charge in [0.05, 0.1) is 6.04 Å². The second kappa shape index (κ2) is 8.34. The maximum atomic E-state index is 13.8. The van der Waals surface area contributed by atoms with E-state index in [0.29, 0.717) is 12.1 Å². The lowest BCUT2D eigenvalue weighted by atomic mass is 10.1. The predicted molar refractivity (Wildman–Crippen MR) is 102 cm³/mol. The van der Waals surface area contributed by atoms with E-state index in [1.165, 1.54) is 0 Å². The Morgan fingerprint density at radius 1 is 1.09 bits per heavy atom. The van der Waals surface area contributed by atoms with Crippen molar-refractivity contribution in [3.63, 3.8) is 0 Å². The Morgan fingerprint density at radius 2 is 1.74 bits per heavy atom. The molecule has 182 valence electrons. The second-order valence-corrected chi connectivity index (χ2v) is 7.83. The van der Waals surface area contributed by atoms with E-state index in [2.05, 4.69) is 5.32 Å². The number of hydrogen-bond acceptors (Lipinski definition) is 5. The number of halogens is 6. The zero-order chi connectivity index (χ0) is 24.9. The molecule has 8 nitrogen and oxygen atoms in total. The average Bonchev–Trinajstić information content (AvgIpc) is 2.94. The van der Waals surface area contributed by atoms with Crippen LogP contribution >= 0.6 is 0 Å². The number of nitrogens with one attached hydrogen (secondary N) is 1. The number of rotatable bonds is 3. The van der Waals surface area contributed by atoms with Gasteiger partial charge in [0.1, 0.15) is 23.0 Å². The molecule has 4 rings (SSSR count). The van der Waals surface area contributed by atoms with Crippen LogP contribution in [-0.2, 0) is 6.54 Å². The molecule has 2 amide bonds. The van der Waals surface area contributed by atoms with Crippen LogP contribution in [0.2, 0.25) is 0 Å². The van der Waals surface area contributed by atoms with Crippen LogP contribution in [0, 0.1) is 17.5 Å². The molecule has 0 aliphatic carbocycles. The first-order valence-corrected chi connectivity index (χ1v) is 9.89. The van der Waals surface area contributed by atoms with E-state index in [1.54, 1.807) is 0 Å². The molecule has 1 aromatic heterocycles. The number of alkyl halides is 3. The summed E-state index contributed by atoms with van der Waals surface area (Å²) in [5, 5.41) is 12.4. The van der Waals surface area contributed by atoms with Gasteiger partial charge in [-0.15, -0.1) is 0 Å². The fraction of sp³-hybridized carbons (Fsp3) is 0.350. The standard InChI is InChI=1S/C20H16F6N4O4/c21-9-3-13(22)11(14(23)4-9)5-27-18(33)12-8-30-10-6-28(1-2-29(7-10)20(24,25)26)19(34)15(30)17(32)16(12)31/h3-4,8,10,32H,1-2,5-7H2,(H,27,33). The van der Waals surface area contributed by atoms with Crippen molar-refractivity contribution in [3.8, 4) is 5.75 Å². The Labute approximate surface area is 187 Å². The number of aromatic nitrogens is 1. The van der Waals surface area contributed by atoms with Crippen LogP contribution in [0.15, 0.2) is 23.1 Å². The summed E-state index contributed by atoms with van der Waals surface area (Å²) >= 11 is 0. The molecule has 1 atom stereocenters. The minimum atomic E-state index is -4.70. The molecule has 2 bridgehead atoms. The number of fused-ring (bicyclic) bond motifs is 4. The summed E-state index contributed by atoms with van der Waals surface area (Å²) in [6.07, 6.45) is -3.86. The number of carbonyl (C=O) groups excluding carboxylic acids is 2. The lowest BCUT2D eigenvalue weighted by molar-refractivity contribution is -0.245. The minimum Gasteiger partial charge on any atom is -0.503 e. The molecular formula is C20H16F6N4O4. The number of benzene rings is 1. The fourth-order valence-corrected chi connectivity index (χ4v) is 4.02. The Kier molecular flexibility index (Phi) is 5.79. The first kappa shape index (κ1) is 23.6. The summed E-state index contributed by atoms with van der Waals surface area (Å²) in [7, 11) is 0. The van der Waals surface area contributed by atoms with Crippen molar-refractivity contribution in [1.82, 2.24) is 19.7 Å². The zero-order valence-electron chi connectivity index (χ0n) is 17.1. The maximum absolute atomic E-state index is 13.8. The third-order valence-electron chi connectivity index (χ3n) is 5.73. The highest BCUT2D eigenvalue weighted by molar-refractivity contribution is 5.99. The summed E-state index contributed by atoms with van der Waals surface area (Å²) in [6.45, 7) is -2.38. The van der Waals surface area contributed by atoms with Crippen molar-refractivity contribution in [1.29, 1.82) is 0 Å². The molecule has 1 fully saturated rings. The zero-order valence-corrected chi connectivity index (χ0v) is 17.1. The van der Waals surface area contributed by atoms with Crippen molar-refractivity contribution in [2.24, 2.45) is 0 Å². The van der Waals surface area contributed by atoms with Gasteiger partial charge in [0.15, 0.2) is 11.4 Å². The third kappa shape index (κ3) is 4.08. The summed E-state index contributed by atoms with van der Waals surface area (Å²) < 4.78 is 81.6. The smallest absolute Gasteiger partial charge is 0.460 e. The molecule has 2 aliphatic rings. The highest BCUT2D eigenvalue weighted by Gasteiger charge is 2.44. The number of amides is 2. The van der Waals surface area contributed by atoms with Crippen molar-refractivity contribution < 1.29 is 41.0 Å². The molecule has 2 N–H and O–H groups in total. The van der Waals surface area contributed by atoms with Gasteiger partial charge >= 0.3 is 6.30 Å². The molecular weight excluding hydrogens is 474 g/mol. The molecule has 2 aliphatic heterocycles. The van der Waals surface area contributed by atoms with E-state index in [1.807, 2.05) is 0 Å². The molecule has 14 heteroatoms. The van der Waals surface area contributed by atoms with Crippen LogP contribution in [0.1, 0.15) is 32.5 Å². The maximum Gasteiger partial charge on any atom is 0.460 e. The Bertz CT molecular complexity index is 1220. The summed E-state index contributed by atoms with van der Waals surface area (Å²) in [6, 6.07) is -0.276. The molecule has 1 aromatic carbocycles. The van der Waals surface area contributed by atoms with Crippen molar-refractivity contribution in [2.75, 3.05) is 26.2 Å². The van der Waals surface area contributed by atoms with Gasteiger partial charge in [-0.2, -0.15) is 13.2 Å². The lowest BCUT2D eigenvalue weighted by Gasteiger charge is -2.34. The highest BCUT2D eigenvalue weighted by Crippen LogP contribution is 2.32. The number of nitrogens with zero attached hydrogens (tertiary/aromatic N) is 3. The van der Waals surface area contributed by atoms with Crippen LogP contribution in [-0.4, -0.2) is 63.8 Å². The normalized spacial score (nSPS) is 18.5.